The normalized spacial score (nSPS) is 24.4. The van der Waals surface area contributed by atoms with Gasteiger partial charge in [-0.25, -0.2) is 4.39 Å². The van der Waals surface area contributed by atoms with Crippen LogP contribution in [-0.2, 0) is 16.1 Å². The van der Waals surface area contributed by atoms with Gasteiger partial charge in [0, 0.05) is 26.1 Å². The standard InChI is InChI=1S/C21H31FN2O2/c1-16(18-6-3-9-23-13-18)11-21(25)24(15-20-8-4-10-26-20)14-17-5-2-7-19(22)12-17/h2,5,7,12,16,18,20,23H,3-4,6,8-11,13-15H2,1H3. The molecule has 0 spiro atoms. The molecule has 0 aliphatic carbocycles. The summed E-state index contributed by atoms with van der Waals surface area (Å²) in [7, 11) is 0. The van der Waals surface area contributed by atoms with E-state index in [0.717, 1.165) is 38.1 Å². The first-order chi connectivity index (χ1) is 12.6. The zero-order chi connectivity index (χ0) is 18.4. The van der Waals surface area contributed by atoms with Crippen LogP contribution in [0.25, 0.3) is 0 Å². The third-order valence-corrected chi connectivity index (χ3v) is 5.70. The first-order valence-corrected chi connectivity index (χ1v) is 9.96. The highest BCUT2D eigenvalue weighted by Crippen LogP contribution is 2.24. The zero-order valence-corrected chi connectivity index (χ0v) is 15.8. The molecule has 1 aromatic rings. The van der Waals surface area contributed by atoms with Crippen LogP contribution in [0.3, 0.4) is 0 Å². The fraction of sp³-hybridized carbons (Fsp3) is 0.667. The number of ether oxygens (including phenoxy) is 1. The molecule has 2 heterocycles. The smallest absolute Gasteiger partial charge is 0.223 e. The summed E-state index contributed by atoms with van der Waals surface area (Å²) >= 11 is 0. The molecule has 1 amide bonds. The highest BCUT2D eigenvalue weighted by molar-refractivity contribution is 5.76. The van der Waals surface area contributed by atoms with Crippen molar-refractivity contribution in [2.75, 3.05) is 26.2 Å². The minimum absolute atomic E-state index is 0.110. The van der Waals surface area contributed by atoms with Crippen LogP contribution in [0.1, 0.15) is 44.6 Å². The van der Waals surface area contributed by atoms with Crippen molar-refractivity contribution in [1.82, 2.24) is 10.2 Å². The summed E-state index contributed by atoms with van der Waals surface area (Å²) in [4.78, 5) is 14.9. The van der Waals surface area contributed by atoms with E-state index in [1.165, 1.54) is 25.0 Å². The molecule has 0 aromatic heterocycles. The molecule has 3 unspecified atom stereocenters. The first-order valence-electron chi connectivity index (χ1n) is 9.96. The number of nitrogens with one attached hydrogen (secondary N) is 1. The molecule has 1 N–H and O–H groups in total. The number of rotatable bonds is 7. The van der Waals surface area contributed by atoms with Crippen molar-refractivity contribution in [2.24, 2.45) is 11.8 Å². The van der Waals surface area contributed by atoms with Crippen LogP contribution in [0.4, 0.5) is 4.39 Å². The highest BCUT2D eigenvalue weighted by atomic mass is 19.1. The topological polar surface area (TPSA) is 41.6 Å². The highest BCUT2D eigenvalue weighted by Gasteiger charge is 2.27. The second-order valence-corrected chi connectivity index (χ2v) is 7.83. The van der Waals surface area contributed by atoms with Crippen LogP contribution in [0, 0.1) is 17.7 Å². The molecule has 3 rings (SSSR count). The van der Waals surface area contributed by atoms with Crippen molar-refractivity contribution in [1.29, 1.82) is 0 Å². The fourth-order valence-electron chi connectivity index (χ4n) is 4.08. The van der Waals surface area contributed by atoms with Gasteiger partial charge in [-0.1, -0.05) is 19.1 Å². The van der Waals surface area contributed by atoms with E-state index in [-0.39, 0.29) is 17.8 Å². The summed E-state index contributed by atoms with van der Waals surface area (Å²) in [5.41, 5.74) is 0.836. The van der Waals surface area contributed by atoms with Gasteiger partial charge in [-0.3, -0.25) is 4.79 Å². The van der Waals surface area contributed by atoms with Gasteiger partial charge in [0.1, 0.15) is 5.82 Å². The lowest BCUT2D eigenvalue weighted by Crippen LogP contribution is -2.40. The number of nitrogens with zero attached hydrogens (tertiary/aromatic N) is 1. The van der Waals surface area contributed by atoms with Gasteiger partial charge in [0.05, 0.1) is 6.10 Å². The Balaban J connectivity index is 1.63. The summed E-state index contributed by atoms with van der Waals surface area (Å²) in [6, 6.07) is 6.54. The average molecular weight is 362 g/mol. The van der Waals surface area contributed by atoms with Crippen molar-refractivity contribution in [2.45, 2.75) is 51.7 Å². The third kappa shape index (κ3) is 5.52. The van der Waals surface area contributed by atoms with Crippen molar-refractivity contribution >= 4 is 5.91 Å². The van der Waals surface area contributed by atoms with Gasteiger partial charge in [-0.15, -0.1) is 0 Å². The molecule has 26 heavy (non-hydrogen) atoms. The number of halogens is 1. The zero-order valence-electron chi connectivity index (χ0n) is 15.8. The van der Waals surface area contributed by atoms with Gasteiger partial charge in [0.15, 0.2) is 0 Å². The largest absolute Gasteiger partial charge is 0.376 e. The maximum Gasteiger partial charge on any atom is 0.223 e. The number of hydrogen-bond donors (Lipinski definition) is 1. The number of carbonyl (C=O) groups is 1. The molecular formula is C21H31FN2O2. The summed E-state index contributed by atoms with van der Waals surface area (Å²) in [5.74, 6) is 0.817. The molecule has 0 bridgehead atoms. The van der Waals surface area contributed by atoms with E-state index in [1.54, 1.807) is 6.07 Å². The Hall–Kier alpha value is -1.46. The number of piperidine rings is 1. The van der Waals surface area contributed by atoms with Crippen LogP contribution in [0.15, 0.2) is 24.3 Å². The maximum absolute atomic E-state index is 13.5. The molecule has 0 radical (unpaired) electrons. The van der Waals surface area contributed by atoms with Crippen molar-refractivity contribution in [3.8, 4) is 0 Å². The number of hydrogen-bond acceptors (Lipinski definition) is 3. The Morgan fingerprint density at radius 2 is 2.27 bits per heavy atom. The van der Waals surface area contributed by atoms with E-state index >= 15 is 0 Å². The van der Waals surface area contributed by atoms with Crippen molar-refractivity contribution in [3.63, 3.8) is 0 Å². The molecule has 4 nitrogen and oxygen atoms in total. The lowest BCUT2D eigenvalue weighted by Gasteiger charge is -2.31. The van der Waals surface area contributed by atoms with Crippen LogP contribution >= 0.6 is 0 Å². The SMILES string of the molecule is CC(CC(=O)N(Cc1cccc(F)c1)CC1CCCO1)C1CCCNC1. The van der Waals surface area contributed by atoms with Gasteiger partial charge >= 0.3 is 0 Å². The van der Waals surface area contributed by atoms with Crippen LogP contribution in [-0.4, -0.2) is 43.2 Å². The van der Waals surface area contributed by atoms with E-state index in [2.05, 4.69) is 12.2 Å². The monoisotopic (exact) mass is 362 g/mol. The Labute approximate surface area is 156 Å². The average Bonchev–Trinajstić information content (AvgIpc) is 3.15. The summed E-state index contributed by atoms with van der Waals surface area (Å²) < 4.78 is 19.3. The van der Waals surface area contributed by atoms with E-state index < -0.39 is 0 Å². The molecule has 1 aromatic carbocycles. The third-order valence-electron chi connectivity index (χ3n) is 5.70. The number of amides is 1. The lowest BCUT2D eigenvalue weighted by molar-refractivity contribution is -0.134. The molecular weight excluding hydrogens is 331 g/mol. The molecule has 0 saturated carbocycles. The fourth-order valence-corrected chi connectivity index (χ4v) is 4.08. The predicted octanol–water partition coefficient (Wildman–Crippen LogP) is 3.36. The lowest BCUT2D eigenvalue weighted by atomic mass is 9.85. The summed E-state index contributed by atoms with van der Waals surface area (Å²) in [6.07, 6.45) is 5.09. The Morgan fingerprint density at radius 3 is 2.96 bits per heavy atom. The summed E-state index contributed by atoms with van der Waals surface area (Å²) in [5, 5.41) is 3.44. The minimum Gasteiger partial charge on any atom is -0.376 e. The van der Waals surface area contributed by atoms with Gasteiger partial charge in [-0.2, -0.15) is 0 Å². The maximum atomic E-state index is 13.5. The number of carbonyl (C=O) groups excluding carboxylic acids is 1. The van der Waals surface area contributed by atoms with E-state index in [4.69, 9.17) is 4.74 Å². The van der Waals surface area contributed by atoms with Crippen LogP contribution < -0.4 is 5.32 Å². The molecule has 2 aliphatic rings. The molecule has 2 fully saturated rings. The van der Waals surface area contributed by atoms with Crippen molar-refractivity contribution < 1.29 is 13.9 Å². The molecule has 5 heteroatoms. The Kier molecular flexibility index (Phi) is 7.03. The van der Waals surface area contributed by atoms with Gasteiger partial charge in [0.25, 0.3) is 0 Å². The van der Waals surface area contributed by atoms with E-state index in [0.29, 0.717) is 31.3 Å². The molecule has 144 valence electrons. The molecule has 2 aliphatic heterocycles. The van der Waals surface area contributed by atoms with Gasteiger partial charge in [0.2, 0.25) is 5.91 Å². The van der Waals surface area contributed by atoms with Gasteiger partial charge < -0.3 is 15.0 Å². The predicted molar refractivity (Wildman–Crippen MR) is 100 cm³/mol. The second-order valence-electron chi connectivity index (χ2n) is 7.83. The van der Waals surface area contributed by atoms with E-state index in [9.17, 15) is 9.18 Å². The molecule has 2 saturated heterocycles. The molecule has 3 atom stereocenters. The van der Waals surface area contributed by atoms with Crippen LogP contribution in [0.2, 0.25) is 0 Å². The quantitative estimate of drug-likeness (QED) is 0.809. The van der Waals surface area contributed by atoms with E-state index in [1.807, 2.05) is 11.0 Å². The number of benzene rings is 1. The van der Waals surface area contributed by atoms with Crippen LogP contribution in [0.5, 0.6) is 0 Å². The van der Waals surface area contributed by atoms with Gasteiger partial charge in [-0.05, 0) is 68.3 Å². The Morgan fingerprint density at radius 1 is 1.38 bits per heavy atom. The summed E-state index contributed by atoms with van der Waals surface area (Å²) in [6.45, 7) is 6.10. The van der Waals surface area contributed by atoms with Crippen molar-refractivity contribution in [3.05, 3.63) is 35.6 Å². The minimum atomic E-state index is -0.256. The Bertz CT molecular complexity index is 583. The second kappa shape index (κ2) is 9.47. The first kappa shape index (κ1) is 19.3.